The van der Waals surface area contributed by atoms with Gasteiger partial charge in [0.05, 0.1) is 24.3 Å². The van der Waals surface area contributed by atoms with Crippen molar-refractivity contribution in [1.29, 1.82) is 0 Å². The van der Waals surface area contributed by atoms with Gasteiger partial charge in [0.2, 0.25) is 0 Å². The molecule has 0 aromatic heterocycles. The molecule has 0 saturated carbocycles. The van der Waals surface area contributed by atoms with E-state index >= 15 is 0 Å². The highest BCUT2D eigenvalue weighted by Crippen LogP contribution is 2.28. The Labute approximate surface area is 127 Å². The molecule has 0 aliphatic carbocycles. The summed E-state index contributed by atoms with van der Waals surface area (Å²) < 4.78 is 10.3. The van der Waals surface area contributed by atoms with Gasteiger partial charge in [-0.05, 0) is 25.1 Å². The summed E-state index contributed by atoms with van der Waals surface area (Å²) in [6, 6.07) is 4.27. The number of benzene rings is 1. The lowest BCUT2D eigenvalue weighted by Gasteiger charge is -2.20. The fourth-order valence-corrected chi connectivity index (χ4v) is 1.93. The molecule has 0 spiro atoms. The van der Waals surface area contributed by atoms with Gasteiger partial charge < -0.3 is 19.9 Å². The SMILES string of the molecule is COCC(CO)NC(=O)C(C)Oc1ccc(Cl)cc1Cl. The number of methoxy groups -OCH3 is 1. The lowest BCUT2D eigenvalue weighted by atomic mass is 10.3. The molecule has 1 aromatic carbocycles. The Morgan fingerprint density at radius 1 is 1.45 bits per heavy atom. The van der Waals surface area contributed by atoms with E-state index in [2.05, 4.69) is 5.32 Å². The predicted octanol–water partition coefficient (Wildman–Crippen LogP) is 1.88. The van der Waals surface area contributed by atoms with E-state index in [1.807, 2.05) is 0 Å². The predicted molar refractivity (Wildman–Crippen MR) is 77.4 cm³/mol. The molecule has 0 fully saturated rings. The number of hydrogen-bond donors (Lipinski definition) is 2. The average Bonchev–Trinajstić information content (AvgIpc) is 2.41. The van der Waals surface area contributed by atoms with Gasteiger partial charge in [-0.2, -0.15) is 0 Å². The second kappa shape index (κ2) is 8.32. The monoisotopic (exact) mass is 321 g/mol. The van der Waals surface area contributed by atoms with E-state index < -0.39 is 12.1 Å². The van der Waals surface area contributed by atoms with Gasteiger partial charge in [-0.25, -0.2) is 0 Å². The Hall–Kier alpha value is -1.01. The lowest BCUT2D eigenvalue weighted by Crippen LogP contribution is -2.46. The number of ether oxygens (including phenoxy) is 2. The molecule has 2 N–H and O–H groups in total. The van der Waals surface area contributed by atoms with Crippen LogP contribution < -0.4 is 10.1 Å². The maximum atomic E-state index is 11.9. The molecule has 7 heteroatoms. The van der Waals surface area contributed by atoms with Crippen molar-refractivity contribution in [2.75, 3.05) is 20.3 Å². The van der Waals surface area contributed by atoms with Crippen molar-refractivity contribution in [2.24, 2.45) is 0 Å². The van der Waals surface area contributed by atoms with Crippen LogP contribution in [0.3, 0.4) is 0 Å². The molecule has 0 aliphatic heterocycles. The number of aliphatic hydroxyl groups is 1. The highest BCUT2D eigenvalue weighted by Gasteiger charge is 2.19. The number of aliphatic hydroxyl groups excluding tert-OH is 1. The maximum Gasteiger partial charge on any atom is 0.261 e. The van der Waals surface area contributed by atoms with Gasteiger partial charge in [0.1, 0.15) is 5.75 Å². The highest BCUT2D eigenvalue weighted by molar-refractivity contribution is 6.35. The summed E-state index contributed by atoms with van der Waals surface area (Å²) >= 11 is 11.7. The van der Waals surface area contributed by atoms with Crippen LogP contribution in [0.5, 0.6) is 5.75 Å². The largest absolute Gasteiger partial charge is 0.479 e. The zero-order valence-corrected chi connectivity index (χ0v) is 12.7. The van der Waals surface area contributed by atoms with Crippen molar-refractivity contribution in [3.63, 3.8) is 0 Å². The Morgan fingerprint density at radius 2 is 2.15 bits per heavy atom. The van der Waals surface area contributed by atoms with E-state index in [0.717, 1.165) is 0 Å². The molecule has 5 nitrogen and oxygen atoms in total. The summed E-state index contributed by atoms with van der Waals surface area (Å²) in [6.07, 6.45) is -0.764. The standard InChI is InChI=1S/C13H17Cl2NO4/c1-8(13(18)16-10(6-17)7-19-2)20-12-4-3-9(14)5-11(12)15/h3-5,8,10,17H,6-7H2,1-2H3,(H,16,18). The van der Waals surface area contributed by atoms with E-state index in [4.69, 9.17) is 37.8 Å². The minimum atomic E-state index is -0.764. The molecule has 0 aliphatic rings. The van der Waals surface area contributed by atoms with Gasteiger partial charge in [-0.15, -0.1) is 0 Å². The molecule has 1 rings (SSSR count). The van der Waals surface area contributed by atoms with Crippen molar-refractivity contribution in [1.82, 2.24) is 5.32 Å². The van der Waals surface area contributed by atoms with Crippen molar-refractivity contribution in [3.8, 4) is 5.75 Å². The van der Waals surface area contributed by atoms with Crippen LogP contribution in [0.2, 0.25) is 10.0 Å². The number of amides is 1. The van der Waals surface area contributed by atoms with Crippen molar-refractivity contribution < 1.29 is 19.4 Å². The third-order valence-corrected chi connectivity index (χ3v) is 3.03. The Kier molecular flexibility index (Phi) is 7.09. The molecule has 112 valence electrons. The van der Waals surface area contributed by atoms with Crippen LogP contribution in [0.15, 0.2) is 18.2 Å². The first kappa shape index (κ1) is 17.0. The number of halogens is 2. The van der Waals surface area contributed by atoms with Crippen LogP contribution in [-0.4, -0.2) is 43.5 Å². The Morgan fingerprint density at radius 3 is 2.70 bits per heavy atom. The van der Waals surface area contributed by atoms with Gasteiger partial charge in [-0.1, -0.05) is 23.2 Å². The van der Waals surface area contributed by atoms with Crippen molar-refractivity contribution in [2.45, 2.75) is 19.1 Å². The second-order valence-corrected chi connectivity index (χ2v) is 5.02. The van der Waals surface area contributed by atoms with E-state index in [0.29, 0.717) is 15.8 Å². The molecular formula is C13H17Cl2NO4. The molecule has 2 unspecified atom stereocenters. The molecule has 1 aromatic rings. The third kappa shape index (κ3) is 5.17. The van der Waals surface area contributed by atoms with Gasteiger partial charge >= 0.3 is 0 Å². The summed E-state index contributed by atoms with van der Waals surface area (Å²) in [5.74, 6) is -0.00174. The van der Waals surface area contributed by atoms with Gasteiger partial charge in [0.25, 0.3) is 5.91 Å². The van der Waals surface area contributed by atoms with Crippen molar-refractivity contribution in [3.05, 3.63) is 28.2 Å². The quantitative estimate of drug-likeness (QED) is 0.804. The number of nitrogens with one attached hydrogen (secondary N) is 1. The maximum absolute atomic E-state index is 11.9. The van der Waals surface area contributed by atoms with Crippen LogP contribution in [0, 0.1) is 0 Å². The van der Waals surface area contributed by atoms with E-state index in [1.165, 1.54) is 13.2 Å². The van der Waals surface area contributed by atoms with Crippen LogP contribution in [0.25, 0.3) is 0 Å². The molecule has 1 amide bonds. The summed E-state index contributed by atoms with van der Waals surface area (Å²) in [4.78, 5) is 11.9. The van der Waals surface area contributed by atoms with E-state index in [1.54, 1.807) is 19.1 Å². The van der Waals surface area contributed by atoms with Crippen molar-refractivity contribution >= 4 is 29.1 Å². The number of rotatable bonds is 7. The fourth-order valence-electron chi connectivity index (χ4n) is 1.47. The minimum Gasteiger partial charge on any atom is -0.479 e. The first-order chi connectivity index (χ1) is 9.47. The normalized spacial score (nSPS) is 13.7. The summed E-state index contributed by atoms with van der Waals surface area (Å²) in [7, 11) is 1.49. The smallest absolute Gasteiger partial charge is 0.261 e. The number of hydrogen-bond acceptors (Lipinski definition) is 4. The Bertz CT molecular complexity index is 456. The van der Waals surface area contributed by atoms with Crippen LogP contribution in [-0.2, 0) is 9.53 Å². The topological polar surface area (TPSA) is 67.8 Å². The highest BCUT2D eigenvalue weighted by atomic mass is 35.5. The molecule has 0 heterocycles. The van der Waals surface area contributed by atoms with Gasteiger partial charge in [0, 0.05) is 12.1 Å². The zero-order valence-electron chi connectivity index (χ0n) is 11.2. The second-order valence-electron chi connectivity index (χ2n) is 4.18. The van der Waals surface area contributed by atoms with Crippen LogP contribution in [0.1, 0.15) is 6.92 Å². The summed E-state index contributed by atoms with van der Waals surface area (Å²) in [5.41, 5.74) is 0. The number of carbonyl (C=O) groups is 1. The first-order valence-electron chi connectivity index (χ1n) is 5.99. The van der Waals surface area contributed by atoms with Gasteiger partial charge in [-0.3, -0.25) is 4.79 Å². The van der Waals surface area contributed by atoms with Crippen LogP contribution >= 0.6 is 23.2 Å². The summed E-state index contributed by atoms with van der Waals surface area (Å²) in [6.45, 7) is 1.59. The third-order valence-electron chi connectivity index (χ3n) is 2.50. The first-order valence-corrected chi connectivity index (χ1v) is 6.75. The molecule has 0 bridgehead atoms. The molecule has 0 radical (unpaired) electrons. The fraction of sp³-hybridized carbons (Fsp3) is 0.462. The average molecular weight is 322 g/mol. The lowest BCUT2D eigenvalue weighted by molar-refractivity contribution is -0.128. The molecule has 0 saturated heterocycles. The van der Waals surface area contributed by atoms with E-state index in [-0.39, 0.29) is 19.1 Å². The number of carbonyl (C=O) groups excluding carboxylic acids is 1. The molecule has 2 atom stereocenters. The zero-order chi connectivity index (χ0) is 15.1. The molecule has 20 heavy (non-hydrogen) atoms. The van der Waals surface area contributed by atoms with Gasteiger partial charge in [0.15, 0.2) is 6.10 Å². The molecular weight excluding hydrogens is 305 g/mol. The minimum absolute atomic E-state index is 0.214. The summed E-state index contributed by atoms with van der Waals surface area (Å²) in [5, 5.41) is 12.5. The van der Waals surface area contributed by atoms with E-state index in [9.17, 15) is 4.79 Å². The Balaban J connectivity index is 2.61. The van der Waals surface area contributed by atoms with Crippen LogP contribution in [0.4, 0.5) is 0 Å².